The number of carbonyl (C=O) groups excluding carboxylic acids is 1. The van der Waals surface area contributed by atoms with Crippen molar-refractivity contribution in [3.05, 3.63) is 28.8 Å². The summed E-state index contributed by atoms with van der Waals surface area (Å²) in [7, 11) is 1.36. The number of rotatable bonds is 6. The molecule has 0 bridgehead atoms. The predicted octanol–water partition coefficient (Wildman–Crippen LogP) is 1.27. The molecule has 1 aromatic rings. The highest BCUT2D eigenvalue weighted by atomic mass is 35.5. The number of hydrogen-bond acceptors (Lipinski definition) is 4. The summed E-state index contributed by atoms with van der Waals surface area (Å²) < 4.78 is 4.92. The standard InChI is InChI=1S/C12H14ClNO5/c1-19-8(5-11(16)17)6-14-12(18)9-3-2-7(13)4-10(9)15/h2-4,8,15H,5-6H2,1H3,(H,14,18)(H,16,17). The quantitative estimate of drug-likeness (QED) is 0.732. The number of halogens is 1. The summed E-state index contributed by atoms with van der Waals surface area (Å²) in [6, 6.07) is 4.11. The van der Waals surface area contributed by atoms with E-state index in [0.717, 1.165) is 0 Å². The Morgan fingerprint density at radius 2 is 2.16 bits per heavy atom. The van der Waals surface area contributed by atoms with E-state index < -0.39 is 18.0 Å². The Kier molecular flexibility index (Phi) is 5.59. The van der Waals surface area contributed by atoms with Crippen molar-refractivity contribution in [3.63, 3.8) is 0 Å². The van der Waals surface area contributed by atoms with Crippen LogP contribution in [-0.4, -0.2) is 41.8 Å². The second-order valence-corrected chi connectivity index (χ2v) is 4.26. The monoisotopic (exact) mass is 287 g/mol. The Morgan fingerprint density at radius 3 is 2.68 bits per heavy atom. The van der Waals surface area contributed by atoms with Crippen LogP contribution in [0.25, 0.3) is 0 Å². The Hall–Kier alpha value is -1.79. The third-order valence-corrected chi connectivity index (χ3v) is 2.67. The number of nitrogens with one attached hydrogen (secondary N) is 1. The third kappa shape index (κ3) is 4.76. The van der Waals surface area contributed by atoms with Gasteiger partial charge in [0.05, 0.1) is 18.1 Å². The van der Waals surface area contributed by atoms with Gasteiger partial charge >= 0.3 is 5.97 Å². The summed E-state index contributed by atoms with van der Waals surface area (Å²) in [6.45, 7) is 0.0314. The number of aliphatic carboxylic acids is 1. The predicted molar refractivity (Wildman–Crippen MR) is 68.5 cm³/mol. The van der Waals surface area contributed by atoms with Crippen molar-refractivity contribution >= 4 is 23.5 Å². The molecule has 1 atom stereocenters. The molecule has 7 heteroatoms. The van der Waals surface area contributed by atoms with Crippen LogP contribution >= 0.6 is 11.6 Å². The Morgan fingerprint density at radius 1 is 1.47 bits per heavy atom. The molecule has 1 rings (SSSR count). The first-order valence-corrected chi connectivity index (χ1v) is 5.83. The van der Waals surface area contributed by atoms with Crippen LogP contribution in [0.1, 0.15) is 16.8 Å². The Bertz CT molecular complexity index is 477. The molecule has 0 radical (unpaired) electrons. The van der Waals surface area contributed by atoms with E-state index in [1.807, 2.05) is 0 Å². The van der Waals surface area contributed by atoms with Crippen LogP contribution < -0.4 is 5.32 Å². The third-order valence-electron chi connectivity index (χ3n) is 2.43. The minimum atomic E-state index is -1.02. The fourth-order valence-electron chi connectivity index (χ4n) is 1.43. The lowest BCUT2D eigenvalue weighted by Crippen LogP contribution is -2.34. The van der Waals surface area contributed by atoms with E-state index in [-0.39, 0.29) is 24.3 Å². The zero-order valence-corrected chi connectivity index (χ0v) is 11.0. The van der Waals surface area contributed by atoms with Gasteiger partial charge < -0.3 is 20.3 Å². The van der Waals surface area contributed by atoms with E-state index in [1.54, 1.807) is 0 Å². The van der Waals surface area contributed by atoms with Gasteiger partial charge in [-0.05, 0) is 18.2 Å². The minimum absolute atomic E-state index is 0.0314. The van der Waals surface area contributed by atoms with E-state index in [2.05, 4.69) is 5.32 Å². The Balaban J connectivity index is 2.61. The van der Waals surface area contributed by atoms with Crippen LogP contribution in [0.2, 0.25) is 5.02 Å². The first-order chi connectivity index (χ1) is 8.93. The number of benzene rings is 1. The molecule has 0 saturated heterocycles. The van der Waals surface area contributed by atoms with Crippen molar-refractivity contribution in [2.75, 3.05) is 13.7 Å². The molecule has 1 amide bonds. The van der Waals surface area contributed by atoms with Crippen LogP contribution in [0, 0.1) is 0 Å². The van der Waals surface area contributed by atoms with Crippen LogP contribution in [-0.2, 0) is 9.53 Å². The molecule has 3 N–H and O–H groups in total. The minimum Gasteiger partial charge on any atom is -0.507 e. The van der Waals surface area contributed by atoms with Gasteiger partial charge in [-0.25, -0.2) is 0 Å². The van der Waals surface area contributed by atoms with Gasteiger partial charge in [0.15, 0.2) is 0 Å². The van der Waals surface area contributed by atoms with Gasteiger partial charge in [-0.1, -0.05) is 11.6 Å². The summed E-state index contributed by atoms with van der Waals surface area (Å²) >= 11 is 5.65. The lowest BCUT2D eigenvalue weighted by molar-refractivity contribution is -0.139. The summed E-state index contributed by atoms with van der Waals surface area (Å²) in [5.74, 6) is -1.78. The van der Waals surface area contributed by atoms with Gasteiger partial charge in [-0.3, -0.25) is 9.59 Å². The van der Waals surface area contributed by atoms with Crippen molar-refractivity contribution in [3.8, 4) is 5.75 Å². The van der Waals surface area contributed by atoms with Gasteiger partial charge in [0.2, 0.25) is 0 Å². The van der Waals surface area contributed by atoms with Crippen LogP contribution in [0.15, 0.2) is 18.2 Å². The zero-order valence-electron chi connectivity index (χ0n) is 10.2. The number of carbonyl (C=O) groups is 2. The number of methoxy groups -OCH3 is 1. The van der Waals surface area contributed by atoms with Crippen molar-refractivity contribution in [2.24, 2.45) is 0 Å². The average Bonchev–Trinajstić information content (AvgIpc) is 2.33. The van der Waals surface area contributed by atoms with E-state index in [1.165, 1.54) is 25.3 Å². The number of phenols is 1. The highest BCUT2D eigenvalue weighted by Crippen LogP contribution is 2.21. The molecule has 0 saturated carbocycles. The molecule has 19 heavy (non-hydrogen) atoms. The molecule has 0 aromatic heterocycles. The number of phenolic OH excluding ortho intramolecular Hbond substituents is 1. The number of amides is 1. The SMILES string of the molecule is COC(CNC(=O)c1ccc(Cl)cc1O)CC(=O)O. The van der Waals surface area contributed by atoms with Crippen LogP contribution in [0.3, 0.4) is 0 Å². The molecule has 0 heterocycles. The fraction of sp³-hybridized carbons (Fsp3) is 0.333. The van der Waals surface area contributed by atoms with Crippen LogP contribution in [0.4, 0.5) is 0 Å². The molecule has 0 spiro atoms. The average molecular weight is 288 g/mol. The summed E-state index contributed by atoms with van der Waals surface area (Å²) in [4.78, 5) is 22.3. The maximum absolute atomic E-state index is 11.8. The van der Waals surface area contributed by atoms with E-state index >= 15 is 0 Å². The van der Waals surface area contributed by atoms with E-state index in [0.29, 0.717) is 5.02 Å². The lowest BCUT2D eigenvalue weighted by Gasteiger charge is -2.14. The van der Waals surface area contributed by atoms with Crippen molar-refractivity contribution in [2.45, 2.75) is 12.5 Å². The summed E-state index contributed by atoms with van der Waals surface area (Å²) in [6.07, 6.45) is -0.848. The molecule has 0 aliphatic rings. The van der Waals surface area contributed by atoms with Gasteiger partial charge in [0.1, 0.15) is 5.75 Å². The highest BCUT2D eigenvalue weighted by molar-refractivity contribution is 6.30. The smallest absolute Gasteiger partial charge is 0.306 e. The Labute approximate surface area is 114 Å². The molecule has 1 aromatic carbocycles. The first kappa shape index (κ1) is 15.3. The molecular weight excluding hydrogens is 274 g/mol. The van der Waals surface area contributed by atoms with Crippen molar-refractivity contribution < 1.29 is 24.5 Å². The number of aromatic hydroxyl groups is 1. The highest BCUT2D eigenvalue weighted by Gasteiger charge is 2.16. The lowest BCUT2D eigenvalue weighted by atomic mass is 10.2. The molecule has 0 aliphatic heterocycles. The molecular formula is C12H14ClNO5. The zero-order chi connectivity index (χ0) is 14.4. The van der Waals surface area contributed by atoms with E-state index in [4.69, 9.17) is 21.4 Å². The first-order valence-electron chi connectivity index (χ1n) is 5.45. The summed E-state index contributed by atoms with van der Waals surface area (Å²) in [5.41, 5.74) is 0.0644. The topological polar surface area (TPSA) is 95.9 Å². The normalized spacial score (nSPS) is 11.9. The molecule has 6 nitrogen and oxygen atoms in total. The number of carboxylic acid groups (broad SMARTS) is 1. The van der Waals surface area contributed by atoms with Gasteiger partial charge in [0.25, 0.3) is 5.91 Å². The molecule has 0 fully saturated rings. The second-order valence-electron chi connectivity index (χ2n) is 3.83. The van der Waals surface area contributed by atoms with Gasteiger partial charge in [0, 0.05) is 18.7 Å². The van der Waals surface area contributed by atoms with Gasteiger partial charge in [-0.2, -0.15) is 0 Å². The number of hydrogen-bond donors (Lipinski definition) is 3. The number of carboxylic acids is 1. The fourth-order valence-corrected chi connectivity index (χ4v) is 1.60. The maximum Gasteiger partial charge on any atom is 0.306 e. The molecule has 0 aliphatic carbocycles. The van der Waals surface area contributed by atoms with E-state index in [9.17, 15) is 14.7 Å². The van der Waals surface area contributed by atoms with Crippen LogP contribution in [0.5, 0.6) is 5.75 Å². The summed E-state index contributed by atoms with van der Waals surface area (Å²) in [5, 5.41) is 21.0. The van der Waals surface area contributed by atoms with Gasteiger partial charge in [-0.15, -0.1) is 0 Å². The maximum atomic E-state index is 11.8. The largest absolute Gasteiger partial charge is 0.507 e. The number of ether oxygens (including phenoxy) is 1. The second kappa shape index (κ2) is 6.96. The molecule has 1 unspecified atom stereocenters. The van der Waals surface area contributed by atoms with Crippen molar-refractivity contribution in [1.29, 1.82) is 0 Å². The molecule has 104 valence electrons. The van der Waals surface area contributed by atoms with Crippen molar-refractivity contribution in [1.82, 2.24) is 5.32 Å².